The number of rotatable bonds is 7. The molecule has 0 aliphatic rings. The molecule has 3 aromatic carbocycles. The number of pyridine rings is 1. The number of fused-ring (bicyclic) bond motifs is 1. The fourth-order valence-corrected chi connectivity index (χ4v) is 3.79. The summed E-state index contributed by atoms with van der Waals surface area (Å²) >= 11 is 6.24. The van der Waals surface area contributed by atoms with Crippen molar-refractivity contribution in [2.75, 3.05) is 32.1 Å². The van der Waals surface area contributed by atoms with Crippen molar-refractivity contribution < 1.29 is 9.90 Å². The minimum absolute atomic E-state index is 0.0212. The molecule has 1 aromatic heterocycles. The molecule has 4 aromatic rings. The molecule has 32 heavy (non-hydrogen) atoms. The topological polar surface area (TPSA) is 65.5 Å². The molecule has 0 unspecified atom stereocenters. The third kappa shape index (κ3) is 5.14. The highest BCUT2D eigenvalue weighted by atomic mass is 35.5. The molecule has 0 radical (unpaired) electrons. The molecule has 0 saturated heterocycles. The molecule has 0 spiro atoms. The van der Waals surface area contributed by atoms with Gasteiger partial charge in [0.1, 0.15) is 0 Å². The Kier molecular flexibility index (Phi) is 6.81. The van der Waals surface area contributed by atoms with Gasteiger partial charge in [0.15, 0.2) is 0 Å². The number of aliphatic hydroxyl groups is 1. The molecule has 6 heteroatoms. The van der Waals surface area contributed by atoms with E-state index < -0.39 is 0 Å². The SMILES string of the molecule is CN(CCO)CC(=O)Nc1ccc(-c2cc(-c3ccccc3)c3ccc(Cl)cc3n2)cc1. The fourth-order valence-electron chi connectivity index (χ4n) is 3.63. The summed E-state index contributed by atoms with van der Waals surface area (Å²) in [6.45, 7) is 0.691. The summed E-state index contributed by atoms with van der Waals surface area (Å²) in [6, 6.07) is 25.7. The van der Waals surface area contributed by atoms with E-state index in [-0.39, 0.29) is 19.1 Å². The Hall–Kier alpha value is -3.25. The minimum Gasteiger partial charge on any atom is -0.395 e. The first-order valence-electron chi connectivity index (χ1n) is 10.4. The predicted octanol–water partition coefficient (Wildman–Crippen LogP) is 5.08. The lowest BCUT2D eigenvalue weighted by atomic mass is 9.98. The number of aromatic nitrogens is 1. The summed E-state index contributed by atoms with van der Waals surface area (Å²) in [7, 11) is 1.79. The summed E-state index contributed by atoms with van der Waals surface area (Å²) in [5.41, 5.74) is 5.52. The summed E-state index contributed by atoms with van der Waals surface area (Å²) in [6.07, 6.45) is 0. The van der Waals surface area contributed by atoms with Gasteiger partial charge in [-0.15, -0.1) is 0 Å². The van der Waals surface area contributed by atoms with E-state index in [2.05, 4.69) is 23.5 Å². The van der Waals surface area contributed by atoms with E-state index in [0.29, 0.717) is 17.3 Å². The van der Waals surface area contributed by atoms with Crippen molar-refractivity contribution in [2.24, 2.45) is 0 Å². The smallest absolute Gasteiger partial charge is 0.238 e. The van der Waals surface area contributed by atoms with Crippen LogP contribution < -0.4 is 5.32 Å². The number of amides is 1. The average molecular weight is 446 g/mol. The summed E-state index contributed by atoms with van der Waals surface area (Å²) in [5.74, 6) is -0.126. The summed E-state index contributed by atoms with van der Waals surface area (Å²) in [4.78, 5) is 18.8. The van der Waals surface area contributed by atoms with Crippen molar-refractivity contribution in [3.63, 3.8) is 0 Å². The number of aliphatic hydroxyl groups excluding tert-OH is 1. The monoisotopic (exact) mass is 445 g/mol. The number of hydrogen-bond acceptors (Lipinski definition) is 4. The molecule has 0 aliphatic carbocycles. The highest BCUT2D eigenvalue weighted by Crippen LogP contribution is 2.33. The highest BCUT2D eigenvalue weighted by Gasteiger charge is 2.11. The Labute approximate surface area is 192 Å². The number of nitrogens with zero attached hydrogens (tertiary/aromatic N) is 2. The molecular weight excluding hydrogens is 422 g/mol. The molecule has 5 nitrogen and oxygen atoms in total. The largest absolute Gasteiger partial charge is 0.395 e. The number of benzene rings is 3. The first kappa shape index (κ1) is 22.0. The standard InChI is InChI=1S/C26H24ClN3O2/c1-30(13-14-31)17-26(32)28-21-10-7-19(8-11-21)24-16-23(18-5-3-2-4-6-18)22-12-9-20(27)15-25(22)29-24/h2-12,15-16,31H,13-14,17H2,1H3,(H,28,32). The van der Waals surface area contributed by atoms with Crippen LogP contribution >= 0.6 is 11.6 Å². The number of nitrogens with one attached hydrogen (secondary N) is 1. The predicted molar refractivity (Wildman–Crippen MR) is 131 cm³/mol. The Morgan fingerprint density at radius 2 is 1.75 bits per heavy atom. The molecule has 0 saturated carbocycles. The molecule has 1 heterocycles. The van der Waals surface area contributed by atoms with E-state index in [1.807, 2.05) is 60.7 Å². The lowest BCUT2D eigenvalue weighted by Crippen LogP contribution is -2.32. The average Bonchev–Trinajstić information content (AvgIpc) is 2.79. The Bertz CT molecular complexity index is 1230. The Morgan fingerprint density at radius 3 is 2.47 bits per heavy atom. The van der Waals surface area contributed by atoms with E-state index >= 15 is 0 Å². The number of halogens is 1. The van der Waals surface area contributed by atoms with E-state index in [9.17, 15) is 4.79 Å². The van der Waals surface area contributed by atoms with E-state index in [1.54, 1.807) is 11.9 Å². The Morgan fingerprint density at radius 1 is 1.00 bits per heavy atom. The van der Waals surface area contributed by atoms with Gasteiger partial charge in [-0.25, -0.2) is 4.98 Å². The molecule has 2 N–H and O–H groups in total. The zero-order valence-corrected chi connectivity index (χ0v) is 18.5. The number of likely N-dealkylation sites (N-methyl/N-ethyl adjacent to an activating group) is 1. The quantitative estimate of drug-likeness (QED) is 0.416. The van der Waals surface area contributed by atoms with Gasteiger partial charge in [-0.2, -0.15) is 0 Å². The second-order valence-electron chi connectivity index (χ2n) is 7.67. The number of carbonyl (C=O) groups is 1. The van der Waals surface area contributed by atoms with Crippen LogP contribution in [0.3, 0.4) is 0 Å². The zero-order chi connectivity index (χ0) is 22.5. The lowest BCUT2D eigenvalue weighted by Gasteiger charge is -2.15. The maximum absolute atomic E-state index is 12.2. The molecule has 162 valence electrons. The van der Waals surface area contributed by atoms with Gasteiger partial charge < -0.3 is 10.4 Å². The van der Waals surface area contributed by atoms with Crippen LogP contribution in [0.15, 0.2) is 78.9 Å². The van der Waals surface area contributed by atoms with Crippen molar-refractivity contribution in [2.45, 2.75) is 0 Å². The molecule has 0 fully saturated rings. The molecule has 0 bridgehead atoms. The van der Waals surface area contributed by atoms with Crippen LogP contribution in [-0.2, 0) is 4.79 Å². The number of anilines is 1. The van der Waals surface area contributed by atoms with Gasteiger partial charge in [0.2, 0.25) is 5.91 Å². The van der Waals surface area contributed by atoms with Crippen LogP contribution in [0.4, 0.5) is 5.69 Å². The summed E-state index contributed by atoms with van der Waals surface area (Å²) in [5, 5.41) is 13.5. The lowest BCUT2D eigenvalue weighted by molar-refractivity contribution is -0.117. The second kappa shape index (κ2) is 9.92. The minimum atomic E-state index is -0.126. The van der Waals surface area contributed by atoms with Crippen molar-refractivity contribution >= 4 is 34.1 Å². The molecule has 4 rings (SSSR count). The van der Waals surface area contributed by atoms with Crippen LogP contribution in [0.5, 0.6) is 0 Å². The van der Waals surface area contributed by atoms with Gasteiger partial charge >= 0.3 is 0 Å². The summed E-state index contributed by atoms with van der Waals surface area (Å²) < 4.78 is 0. The third-order valence-electron chi connectivity index (χ3n) is 5.22. The normalized spacial score (nSPS) is 11.1. The second-order valence-corrected chi connectivity index (χ2v) is 8.11. The van der Waals surface area contributed by atoms with Crippen LogP contribution in [-0.4, -0.2) is 47.6 Å². The van der Waals surface area contributed by atoms with Gasteiger partial charge in [-0.3, -0.25) is 9.69 Å². The van der Waals surface area contributed by atoms with Crippen molar-refractivity contribution in [1.82, 2.24) is 9.88 Å². The zero-order valence-electron chi connectivity index (χ0n) is 17.8. The van der Waals surface area contributed by atoms with Crippen LogP contribution in [0, 0.1) is 0 Å². The molecular formula is C26H24ClN3O2. The third-order valence-corrected chi connectivity index (χ3v) is 5.45. The van der Waals surface area contributed by atoms with E-state index in [4.69, 9.17) is 21.7 Å². The van der Waals surface area contributed by atoms with Crippen molar-refractivity contribution in [3.8, 4) is 22.4 Å². The van der Waals surface area contributed by atoms with Crippen molar-refractivity contribution in [1.29, 1.82) is 0 Å². The van der Waals surface area contributed by atoms with Gasteiger partial charge in [-0.05, 0) is 48.5 Å². The van der Waals surface area contributed by atoms with Gasteiger partial charge in [-0.1, -0.05) is 60.1 Å². The molecule has 0 aliphatic heterocycles. The number of hydrogen-bond donors (Lipinski definition) is 2. The van der Waals surface area contributed by atoms with Crippen LogP contribution in [0.25, 0.3) is 33.3 Å². The maximum Gasteiger partial charge on any atom is 0.238 e. The van der Waals surface area contributed by atoms with E-state index in [0.717, 1.165) is 33.3 Å². The number of carbonyl (C=O) groups excluding carboxylic acids is 1. The van der Waals surface area contributed by atoms with Gasteiger partial charge in [0, 0.05) is 28.2 Å². The van der Waals surface area contributed by atoms with Gasteiger partial charge in [0.05, 0.1) is 24.4 Å². The van der Waals surface area contributed by atoms with E-state index in [1.165, 1.54) is 0 Å². The van der Waals surface area contributed by atoms with Gasteiger partial charge in [0.25, 0.3) is 0 Å². The van der Waals surface area contributed by atoms with Crippen LogP contribution in [0.1, 0.15) is 0 Å². The molecule has 1 amide bonds. The highest BCUT2D eigenvalue weighted by molar-refractivity contribution is 6.31. The fraction of sp³-hybridized carbons (Fsp3) is 0.154. The first-order valence-corrected chi connectivity index (χ1v) is 10.8. The maximum atomic E-state index is 12.2. The van der Waals surface area contributed by atoms with Crippen LogP contribution in [0.2, 0.25) is 5.02 Å². The first-order chi connectivity index (χ1) is 15.5. The molecule has 0 atom stereocenters. The Balaban J connectivity index is 1.64. The van der Waals surface area contributed by atoms with Crippen molar-refractivity contribution in [3.05, 3.63) is 83.9 Å².